The fourth-order valence-electron chi connectivity index (χ4n) is 3.66. The molecule has 1 aliphatic heterocycles. The van der Waals surface area contributed by atoms with E-state index in [1.165, 1.54) is 11.1 Å². The number of hydrogen-bond donors (Lipinski definition) is 0. The first-order valence-electron chi connectivity index (χ1n) is 8.72. The van der Waals surface area contributed by atoms with Crippen molar-refractivity contribution in [2.24, 2.45) is 0 Å². The van der Waals surface area contributed by atoms with Crippen LogP contribution in [0.25, 0.3) is 10.9 Å². The predicted molar refractivity (Wildman–Crippen MR) is 98.7 cm³/mol. The highest BCUT2D eigenvalue weighted by Gasteiger charge is 2.20. The number of rotatable bonds is 4. The zero-order valence-electron chi connectivity index (χ0n) is 14.4. The molecule has 0 unspecified atom stereocenters. The number of amides is 1. The second kappa shape index (κ2) is 6.63. The van der Waals surface area contributed by atoms with Gasteiger partial charge in [0.25, 0.3) is 0 Å². The highest BCUT2D eigenvalue weighted by Crippen LogP contribution is 2.27. The minimum Gasteiger partial charge on any atom is -0.495 e. The third-order valence-electron chi connectivity index (χ3n) is 5.02. The molecular weight excluding hydrogens is 312 g/mol. The molecule has 0 fully saturated rings. The summed E-state index contributed by atoms with van der Waals surface area (Å²) in [6.07, 6.45) is 3.48. The van der Waals surface area contributed by atoms with E-state index in [1.54, 1.807) is 7.11 Å². The van der Waals surface area contributed by atoms with E-state index in [-0.39, 0.29) is 5.91 Å². The lowest BCUT2D eigenvalue weighted by Crippen LogP contribution is -2.36. The monoisotopic (exact) mass is 334 g/mol. The summed E-state index contributed by atoms with van der Waals surface area (Å²) in [6.45, 7) is 2.21. The standard InChI is InChI=1S/C21H22N2O2/c1-25-19-8-4-7-17-10-12-22(21(17)19)14-11-20(24)23-13-9-16-5-2-3-6-18(16)15-23/h2-8,10,12H,9,11,13-15H2,1H3. The zero-order chi connectivity index (χ0) is 17.2. The number of ether oxygens (including phenoxy) is 1. The maximum absolute atomic E-state index is 12.7. The second-order valence-corrected chi connectivity index (χ2v) is 6.49. The Labute approximate surface area is 147 Å². The first kappa shape index (κ1) is 15.8. The third kappa shape index (κ3) is 3.00. The lowest BCUT2D eigenvalue weighted by molar-refractivity contribution is -0.132. The largest absolute Gasteiger partial charge is 0.495 e. The first-order chi connectivity index (χ1) is 12.3. The van der Waals surface area contributed by atoms with Gasteiger partial charge >= 0.3 is 0 Å². The molecule has 0 spiro atoms. The van der Waals surface area contributed by atoms with Gasteiger partial charge in [-0.3, -0.25) is 4.79 Å². The van der Waals surface area contributed by atoms with E-state index in [4.69, 9.17) is 4.74 Å². The molecule has 4 nitrogen and oxygen atoms in total. The first-order valence-corrected chi connectivity index (χ1v) is 8.72. The molecule has 128 valence electrons. The molecular formula is C21H22N2O2. The highest BCUT2D eigenvalue weighted by atomic mass is 16.5. The Balaban J connectivity index is 1.46. The molecule has 4 rings (SSSR count). The van der Waals surface area contributed by atoms with E-state index < -0.39 is 0 Å². The van der Waals surface area contributed by atoms with Crippen LogP contribution in [0.3, 0.4) is 0 Å². The number of benzene rings is 2. The smallest absolute Gasteiger partial charge is 0.224 e. The summed E-state index contributed by atoms with van der Waals surface area (Å²) < 4.78 is 7.59. The fraction of sp³-hybridized carbons (Fsp3) is 0.286. The van der Waals surface area contributed by atoms with Crippen LogP contribution in [0, 0.1) is 0 Å². The molecule has 4 heteroatoms. The molecule has 0 aliphatic carbocycles. The van der Waals surface area contributed by atoms with Gasteiger partial charge in [-0.15, -0.1) is 0 Å². The van der Waals surface area contributed by atoms with Gasteiger partial charge in [-0.05, 0) is 29.7 Å². The van der Waals surface area contributed by atoms with Crippen LogP contribution in [0.5, 0.6) is 5.75 Å². The SMILES string of the molecule is COc1cccc2ccn(CCC(=O)N3CCc4ccccc4C3)c12. The maximum Gasteiger partial charge on any atom is 0.224 e. The second-order valence-electron chi connectivity index (χ2n) is 6.49. The molecule has 0 saturated heterocycles. The van der Waals surface area contributed by atoms with Gasteiger partial charge in [-0.1, -0.05) is 36.4 Å². The number of aromatic nitrogens is 1. The highest BCUT2D eigenvalue weighted by molar-refractivity contribution is 5.86. The minimum atomic E-state index is 0.214. The van der Waals surface area contributed by atoms with Gasteiger partial charge in [0, 0.05) is 37.6 Å². The van der Waals surface area contributed by atoms with Crippen molar-refractivity contribution in [2.75, 3.05) is 13.7 Å². The van der Waals surface area contributed by atoms with Crippen molar-refractivity contribution in [1.82, 2.24) is 9.47 Å². The normalized spacial score (nSPS) is 13.7. The Hall–Kier alpha value is -2.75. The Morgan fingerprint density at radius 1 is 1.08 bits per heavy atom. The van der Waals surface area contributed by atoms with Crippen LogP contribution < -0.4 is 4.74 Å². The van der Waals surface area contributed by atoms with Gasteiger partial charge in [-0.25, -0.2) is 0 Å². The molecule has 2 aromatic carbocycles. The molecule has 2 heterocycles. The van der Waals surface area contributed by atoms with Gasteiger partial charge in [0.15, 0.2) is 0 Å². The molecule has 0 N–H and O–H groups in total. The fourth-order valence-corrected chi connectivity index (χ4v) is 3.66. The Bertz CT molecular complexity index is 913. The van der Waals surface area contributed by atoms with Crippen LogP contribution in [0.15, 0.2) is 54.7 Å². The molecule has 1 aliphatic rings. The number of para-hydroxylation sites is 1. The van der Waals surface area contributed by atoms with Crippen LogP contribution in [0.4, 0.5) is 0 Å². The molecule has 1 amide bonds. The summed E-state index contributed by atoms with van der Waals surface area (Å²) in [5.41, 5.74) is 3.70. The molecule has 0 atom stereocenters. The van der Waals surface area contributed by atoms with Crippen LogP contribution in [-0.4, -0.2) is 29.0 Å². The topological polar surface area (TPSA) is 34.5 Å². The Morgan fingerprint density at radius 3 is 2.76 bits per heavy atom. The van der Waals surface area contributed by atoms with E-state index >= 15 is 0 Å². The predicted octanol–water partition coefficient (Wildman–Crippen LogP) is 3.62. The number of carbonyl (C=O) groups excluding carboxylic acids is 1. The maximum atomic E-state index is 12.7. The van der Waals surface area contributed by atoms with E-state index in [9.17, 15) is 4.79 Å². The number of nitrogens with zero attached hydrogens (tertiary/aromatic N) is 2. The number of hydrogen-bond acceptors (Lipinski definition) is 2. The summed E-state index contributed by atoms with van der Waals surface area (Å²) in [6, 6.07) is 16.5. The average molecular weight is 334 g/mol. The molecule has 25 heavy (non-hydrogen) atoms. The molecule has 3 aromatic rings. The van der Waals surface area contributed by atoms with Crippen LogP contribution in [0.2, 0.25) is 0 Å². The summed E-state index contributed by atoms with van der Waals surface area (Å²) in [5.74, 6) is 1.06. The lowest BCUT2D eigenvalue weighted by Gasteiger charge is -2.29. The molecule has 0 radical (unpaired) electrons. The number of aryl methyl sites for hydroxylation is 1. The lowest BCUT2D eigenvalue weighted by atomic mass is 10.00. The zero-order valence-corrected chi connectivity index (χ0v) is 14.4. The van der Waals surface area contributed by atoms with Crippen molar-refractivity contribution in [3.63, 3.8) is 0 Å². The van der Waals surface area contributed by atoms with Crippen LogP contribution in [0.1, 0.15) is 17.5 Å². The van der Waals surface area contributed by atoms with Gasteiger partial charge in [0.1, 0.15) is 5.75 Å². The third-order valence-corrected chi connectivity index (χ3v) is 5.02. The Morgan fingerprint density at radius 2 is 1.92 bits per heavy atom. The van der Waals surface area contributed by atoms with E-state index in [1.807, 2.05) is 29.3 Å². The summed E-state index contributed by atoms with van der Waals surface area (Å²) in [5, 5.41) is 1.14. The van der Waals surface area contributed by atoms with Crippen LogP contribution >= 0.6 is 0 Å². The van der Waals surface area contributed by atoms with Crippen molar-refractivity contribution in [2.45, 2.75) is 25.9 Å². The van der Waals surface area contributed by atoms with E-state index in [2.05, 4.69) is 34.9 Å². The van der Waals surface area contributed by atoms with E-state index in [0.29, 0.717) is 13.0 Å². The van der Waals surface area contributed by atoms with Crippen molar-refractivity contribution >= 4 is 16.8 Å². The van der Waals surface area contributed by atoms with Gasteiger partial charge in [-0.2, -0.15) is 0 Å². The van der Waals surface area contributed by atoms with Crippen LogP contribution in [-0.2, 0) is 24.3 Å². The van der Waals surface area contributed by atoms with Gasteiger partial charge in [0.05, 0.1) is 12.6 Å². The quantitative estimate of drug-likeness (QED) is 0.730. The van der Waals surface area contributed by atoms with Crippen molar-refractivity contribution in [3.8, 4) is 5.75 Å². The summed E-state index contributed by atoms with van der Waals surface area (Å²) in [4.78, 5) is 14.7. The molecule has 0 bridgehead atoms. The van der Waals surface area contributed by atoms with Crippen molar-refractivity contribution in [3.05, 3.63) is 65.9 Å². The number of fused-ring (bicyclic) bond motifs is 2. The van der Waals surface area contributed by atoms with Crippen molar-refractivity contribution < 1.29 is 9.53 Å². The Kier molecular flexibility index (Phi) is 4.18. The average Bonchev–Trinajstić information content (AvgIpc) is 3.09. The van der Waals surface area contributed by atoms with Crippen molar-refractivity contribution in [1.29, 1.82) is 0 Å². The molecule has 1 aromatic heterocycles. The van der Waals surface area contributed by atoms with Gasteiger partial charge in [0.2, 0.25) is 5.91 Å². The van der Waals surface area contributed by atoms with E-state index in [0.717, 1.165) is 36.2 Å². The summed E-state index contributed by atoms with van der Waals surface area (Å²) in [7, 11) is 1.68. The number of methoxy groups -OCH3 is 1. The minimum absolute atomic E-state index is 0.214. The van der Waals surface area contributed by atoms with Gasteiger partial charge < -0.3 is 14.2 Å². The summed E-state index contributed by atoms with van der Waals surface area (Å²) >= 11 is 0. The number of carbonyl (C=O) groups is 1. The molecule has 0 saturated carbocycles.